The quantitative estimate of drug-likeness (QED) is 0.589. The summed E-state index contributed by atoms with van der Waals surface area (Å²) in [6.07, 6.45) is 3.12. The van der Waals surface area contributed by atoms with Crippen molar-refractivity contribution in [3.63, 3.8) is 0 Å². The lowest BCUT2D eigenvalue weighted by molar-refractivity contribution is 0.333. The summed E-state index contributed by atoms with van der Waals surface area (Å²) < 4.78 is 4.82. The van der Waals surface area contributed by atoms with E-state index in [9.17, 15) is 0 Å². The molecule has 0 saturated heterocycles. The maximum atomic E-state index is 8.26. The lowest BCUT2D eigenvalue weighted by Crippen LogP contribution is -2.19. The molecule has 0 fully saturated rings. The molecule has 3 heteroatoms. The van der Waals surface area contributed by atoms with Crippen LogP contribution in [0.2, 0.25) is 0 Å². The molecule has 0 aromatic carbocycles. The standard InChI is InChI=1S/C7H10N2O/c1-3-4-10-6(2)7(9)5-8/h3-4,7H,2,9H2,1H3/b4-3-. The molecule has 1 unspecified atom stereocenters. The minimum atomic E-state index is -0.740. The number of hydrogen-bond acceptors (Lipinski definition) is 3. The first-order valence-corrected chi connectivity index (χ1v) is 2.84. The fraction of sp³-hybridized carbons (Fsp3) is 0.286. The molecule has 54 valence electrons. The molecule has 0 rings (SSSR count). The van der Waals surface area contributed by atoms with Gasteiger partial charge in [0.2, 0.25) is 0 Å². The number of rotatable bonds is 3. The fourth-order valence-corrected chi connectivity index (χ4v) is 0.301. The Bertz CT molecular complexity index is 179. The predicted octanol–water partition coefficient (Wildman–Crippen LogP) is 0.901. The highest BCUT2D eigenvalue weighted by Gasteiger charge is 2.03. The second kappa shape index (κ2) is 4.59. The number of hydrogen-bond donors (Lipinski definition) is 1. The van der Waals surface area contributed by atoms with Gasteiger partial charge < -0.3 is 10.5 Å². The first-order chi connectivity index (χ1) is 4.72. The van der Waals surface area contributed by atoms with Gasteiger partial charge in [-0.15, -0.1) is 0 Å². The Morgan fingerprint density at radius 1 is 1.90 bits per heavy atom. The van der Waals surface area contributed by atoms with Gasteiger partial charge in [-0.05, 0) is 6.92 Å². The molecule has 3 nitrogen and oxygen atoms in total. The molecule has 0 aliphatic heterocycles. The van der Waals surface area contributed by atoms with E-state index in [1.54, 1.807) is 19.1 Å². The zero-order valence-electron chi connectivity index (χ0n) is 5.87. The highest BCUT2D eigenvalue weighted by molar-refractivity contribution is 5.08. The van der Waals surface area contributed by atoms with Crippen LogP contribution in [0.4, 0.5) is 0 Å². The van der Waals surface area contributed by atoms with Crippen molar-refractivity contribution in [2.24, 2.45) is 5.73 Å². The van der Waals surface area contributed by atoms with E-state index in [4.69, 9.17) is 15.7 Å². The molecule has 10 heavy (non-hydrogen) atoms. The number of nitrogens with two attached hydrogens (primary N) is 1. The molecule has 1 atom stereocenters. The maximum Gasteiger partial charge on any atom is 0.151 e. The van der Waals surface area contributed by atoms with E-state index in [-0.39, 0.29) is 5.76 Å². The summed E-state index contributed by atoms with van der Waals surface area (Å²) in [7, 11) is 0. The third-order valence-corrected chi connectivity index (χ3v) is 0.841. The Labute approximate surface area is 60.4 Å². The summed E-state index contributed by atoms with van der Waals surface area (Å²) in [5.41, 5.74) is 5.24. The Morgan fingerprint density at radius 3 is 2.90 bits per heavy atom. The van der Waals surface area contributed by atoms with Crippen LogP contribution in [-0.4, -0.2) is 6.04 Å². The van der Waals surface area contributed by atoms with Crippen LogP contribution in [0, 0.1) is 11.3 Å². The molecule has 0 aliphatic rings. The molecule has 0 aromatic rings. The van der Waals surface area contributed by atoms with Crippen LogP contribution in [-0.2, 0) is 4.74 Å². The highest BCUT2D eigenvalue weighted by Crippen LogP contribution is 1.97. The van der Waals surface area contributed by atoms with Crippen LogP contribution < -0.4 is 5.73 Å². The van der Waals surface area contributed by atoms with E-state index in [2.05, 4.69) is 6.58 Å². The number of ether oxygens (including phenoxy) is 1. The van der Waals surface area contributed by atoms with E-state index >= 15 is 0 Å². The van der Waals surface area contributed by atoms with Crippen molar-refractivity contribution < 1.29 is 4.74 Å². The Hall–Kier alpha value is -1.27. The van der Waals surface area contributed by atoms with Crippen LogP contribution in [0.3, 0.4) is 0 Å². The molecular formula is C7H10N2O. The summed E-state index contributed by atoms with van der Waals surface area (Å²) in [5.74, 6) is 0.264. The number of nitriles is 1. The second-order valence-corrected chi connectivity index (χ2v) is 1.66. The molecule has 0 radical (unpaired) electrons. The van der Waals surface area contributed by atoms with E-state index in [1.165, 1.54) is 6.26 Å². The lowest BCUT2D eigenvalue weighted by Gasteiger charge is -2.03. The van der Waals surface area contributed by atoms with Gasteiger partial charge in [0.1, 0.15) is 5.76 Å². The van der Waals surface area contributed by atoms with Crippen molar-refractivity contribution in [2.45, 2.75) is 13.0 Å². The van der Waals surface area contributed by atoms with Gasteiger partial charge in [-0.1, -0.05) is 12.7 Å². The van der Waals surface area contributed by atoms with Crippen molar-refractivity contribution in [1.82, 2.24) is 0 Å². The first-order valence-electron chi connectivity index (χ1n) is 2.84. The van der Waals surface area contributed by atoms with Crippen molar-refractivity contribution >= 4 is 0 Å². The van der Waals surface area contributed by atoms with Crippen molar-refractivity contribution in [2.75, 3.05) is 0 Å². The first kappa shape index (κ1) is 8.73. The van der Waals surface area contributed by atoms with Crippen LogP contribution in [0.25, 0.3) is 0 Å². The molecule has 0 bridgehead atoms. The average molecular weight is 138 g/mol. The summed E-state index contributed by atoms with van der Waals surface area (Å²) >= 11 is 0. The summed E-state index contributed by atoms with van der Waals surface area (Å²) in [6.45, 7) is 5.24. The van der Waals surface area contributed by atoms with Gasteiger partial charge in [0.15, 0.2) is 6.04 Å². The summed E-state index contributed by atoms with van der Waals surface area (Å²) in [4.78, 5) is 0. The van der Waals surface area contributed by atoms with Crippen molar-refractivity contribution in [3.05, 3.63) is 24.7 Å². The SMILES string of the molecule is C=C(O/C=C\C)C(N)C#N. The van der Waals surface area contributed by atoms with Crippen LogP contribution in [0.15, 0.2) is 24.7 Å². The van der Waals surface area contributed by atoms with Gasteiger partial charge in [0.05, 0.1) is 12.3 Å². The summed E-state index contributed by atoms with van der Waals surface area (Å²) in [5, 5.41) is 8.26. The van der Waals surface area contributed by atoms with E-state index in [0.717, 1.165) is 0 Å². The Morgan fingerprint density at radius 2 is 2.50 bits per heavy atom. The second-order valence-electron chi connectivity index (χ2n) is 1.66. The maximum absolute atomic E-state index is 8.26. The van der Waals surface area contributed by atoms with Crippen molar-refractivity contribution in [3.8, 4) is 6.07 Å². The Kier molecular flexibility index (Phi) is 4.01. The third kappa shape index (κ3) is 2.90. The molecule has 0 aromatic heterocycles. The molecule has 0 amide bonds. The van der Waals surface area contributed by atoms with Gasteiger partial charge in [-0.3, -0.25) is 0 Å². The zero-order chi connectivity index (χ0) is 7.98. The Balaban J connectivity index is 3.76. The highest BCUT2D eigenvalue weighted by atomic mass is 16.5. The monoisotopic (exact) mass is 138 g/mol. The van der Waals surface area contributed by atoms with Crippen LogP contribution in [0.5, 0.6) is 0 Å². The topological polar surface area (TPSA) is 59.0 Å². The minimum Gasteiger partial charge on any atom is -0.468 e. The molecule has 0 spiro atoms. The number of nitrogens with zero attached hydrogens (tertiary/aromatic N) is 1. The summed E-state index contributed by atoms with van der Waals surface area (Å²) in [6, 6.07) is 1.05. The molecular weight excluding hydrogens is 128 g/mol. The van der Waals surface area contributed by atoms with Crippen LogP contribution in [0.1, 0.15) is 6.92 Å². The average Bonchev–Trinajstić information content (AvgIpc) is 1.98. The molecule has 2 N–H and O–H groups in total. The van der Waals surface area contributed by atoms with Crippen molar-refractivity contribution in [1.29, 1.82) is 5.26 Å². The van der Waals surface area contributed by atoms with E-state index in [1.807, 2.05) is 0 Å². The van der Waals surface area contributed by atoms with Gasteiger partial charge in [0.25, 0.3) is 0 Å². The molecule has 0 heterocycles. The minimum absolute atomic E-state index is 0.264. The predicted molar refractivity (Wildman–Crippen MR) is 38.6 cm³/mol. The smallest absolute Gasteiger partial charge is 0.151 e. The third-order valence-electron chi connectivity index (χ3n) is 0.841. The lowest BCUT2D eigenvalue weighted by atomic mass is 10.3. The molecule has 0 saturated carbocycles. The van der Waals surface area contributed by atoms with E-state index < -0.39 is 6.04 Å². The van der Waals surface area contributed by atoms with Gasteiger partial charge >= 0.3 is 0 Å². The zero-order valence-corrected chi connectivity index (χ0v) is 5.87. The van der Waals surface area contributed by atoms with Gasteiger partial charge in [0, 0.05) is 0 Å². The van der Waals surface area contributed by atoms with Crippen LogP contribution >= 0.6 is 0 Å². The van der Waals surface area contributed by atoms with E-state index in [0.29, 0.717) is 0 Å². The molecule has 0 aliphatic carbocycles. The normalized spacial score (nSPS) is 12.5. The fourth-order valence-electron chi connectivity index (χ4n) is 0.301. The van der Waals surface area contributed by atoms with Gasteiger partial charge in [-0.25, -0.2) is 0 Å². The largest absolute Gasteiger partial charge is 0.468 e. The van der Waals surface area contributed by atoms with Gasteiger partial charge in [-0.2, -0.15) is 5.26 Å². The number of allylic oxidation sites excluding steroid dienone is 1.